The van der Waals surface area contributed by atoms with Gasteiger partial charge in [-0.05, 0) is 62.4 Å². The molecule has 3 rings (SSSR count). The number of nitrogens with two attached hydrogens (primary N) is 1. The van der Waals surface area contributed by atoms with Crippen molar-refractivity contribution in [1.82, 2.24) is 0 Å². The van der Waals surface area contributed by atoms with Crippen LogP contribution in [0.2, 0.25) is 0 Å². The van der Waals surface area contributed by atoms with Gasteiger partial charge < -0.3 is 15.3 Å². The third kappa shape index (κ3) is 4.15. The molecule has 0 aliphatic rings. The first kappa shape index (κ1) is 17.8. The highest BCUT2D eigenvalue weighted by Crippen LogP contribution is 2.29. The van der Waals surface area contributed by atoms with E-state index in [0.29, 0.717) is 17.2 Å². The minimum Gasteiger partial charge on any atom is -0.507 e. The maximum atomic E-state index is 12.0. The molecule has 5 nitrogen and oxygen atoms in total. The van der Waals surface area contributed by atoms with E-state index in [0.717, 1.165) is 15.5 Å². The minimum absolute atomic E-state index is 0.0796. The zero-order valence-corrected chi connectivity index (χ0v) is 15.2. The Kier molecular flexibility index (Phi) is 5.14. The molecule has 0 saturated heterocycles. The van der Waals surface area contributed by atoms with E-state index in [9.17, 15) is 9.90 Å². The topological polar surface area (TPSA) is 88.8 Å². The number of aliphatic imine (C=N–C) groups is 1. The van der Waals surface area contributed by atoms with Crippen molar-refractivity contribution in [3.8, 4) is 5.75 Å². The second-order valence-corrected chi connectivity index (χ2v) is 6.91. The molecule has 0 radical (unpaired) electrons. The fourth-order valence-electron chi connectivity index (χ4n) is 2.44. The highest BCUT2D eigenvalue weighted by molar-refractivity contribution is 7.99. The van der Waals surface area contributed by atoms with E-state index >= 15 is 0 Å². The minimum atomic E-state index is -0.598. The lowest BCUT2D eigenvalue weighted by Crippen LogP contribution is -2.12. The number of hydrogen-bond acceptors (Lipinski definition) is 6. The highest BCUT2D eigenvalue weighted by Gasteiger charge is 2.13. The van der Waals surface area contributed by atoms with Gasteiger partial charge in [0.15, 0.2) is 0 Å². The first-order chi connectivity index (χ1) is 12.4. The fraction of sp³-hybridized carbons (Fsp3) is 0.100. The van der Waals surface area contributed by atoms with Crippen LogP contribution in [0.15, 0.2) is 78.6 Å². The van der Waals surface area contributed by atoms with E-state index in [4.69, 9.17) is 10.2 Å². The van der Waals surface area contributed by atoms with Gasteiger partial charge in [0.2, 0.25) is 0 Å². The molecule has 0 unspecified atom stereocenters. The Hall–Kier alpha value is -2.99. The Morgan fingerprint density at radius 3 is 2.23 bits per heavy atom. The molecule has 1 aromatic heterocycles. The van der Waals surface area contributed by atoms with Gasteiger partial charge in [0, 0.05) is 21.5 Å². The van der Waals surface area contributed by atoms with Crippen molar-refractivity contribution in [2.24, 2.45) is 4.99 Å². The van der Waals surface area contributed by atoms with Gasteiger partial charge in [0.1, 0.15) is 17.1 Å². The summed E-state index contributed by atoms with van der Waals surface area (Å²) in [5.41, 5.74) is 6.99. The summed E-state index contributed by atoms with van der Waals surface area (Å²) in [6.45, 7) is 3.27. The van der Waals surface area contributed by atoms with Crippen molar-refractivity contribution in [3.05, 3.63) is 76.3 Å². The second kappa shape index (κ2) is 7.49. The Morgan fingerprint density at radius 2 is 1.65 bits per heavy atom. The van der Waals surface area contributed by atoms with Gasteiger partial charge in [-0.3, -0.25) is 4.99 Å². The van der Waals surface area contributed by atoms with Gasteiger partial charge in [0.25, 0.3) is 0 Å². The van der Waals surface area contributed by atoms with Crippen LogP contribution in [0.4, 0.5) is 11.4 Å². The number of anilines is 1. The Labute approximate surface area is 155 Å². The number of aromatic hydroxyl groups is 1. The lowest BCUT2D eigenvalue weighted by Gasteiger charge is -2.05. The highest BCUT2D eigenvalue weighted by atomic mass is 32.2. The first-order valence-electron chi connectivity index (χ1n) is 7.95. The molecular weight excluding hydrogens is 348 g/mol. The summed E-state index contributed by atoms with van der Waals surface area (Å²) >= 11 is 1.62. The van der Waals surface area contributed by atoms with Crippen LogP contribution in [-0.4, -0.2) is 10.8 Å². The first-order valence-corrected chi connectivity index (χ1v) is 8.77. The summed E-state index contributed by atoms with van der Waals surface area (Å²) in [6, 6.07) is 16.7. The van der Waals surface area contributed by atoms with Crippen LogP contribution in [0.1, 0.15) is 18.2 Å². The van der Waals surface area contributed by atoms with E-state index in [-0.39, 0.29) is 11.3 Å². The Bertz CT molecular complexity index is 1010. The zero-order chi connectivity index (χ0) is 18.7. The summed E-state index contributed by atoms with van der Waals surface area (Å²) in [4.78, 5) is 18.5. The van der Waals surface area contributed by atoms with Gasteiger partial charge in [-0.1, -0.05) is 11.8 Å². The quantitative estimate of drug-likeness (QED) is 0.523. The summed E-state index contributed by atoms with van der Waals surface area (Å²) in [7, 11) is 0. The molecule has 0 aliphatic carbocycles. The predicted octanol–water partition coefficient (Wildman–Crippen LogP) is 4.53. The third-order valence-electron chi connectivity index (χ3n) is 3.67. The smallest absolute Gasteiger partial charge is 0.348 e. The summed E-state index contributed by atoms with van der Waals surface area (Å²) < 4.78 is 5.03. The van der Waals surface area contributed by atoms with Crippen molar-refractivity contribution in [2.45, 2.75) is 23.6 Å². The molecule has 0 amide bonds. The van der Waals surface area contributed by atoms with Crippen LogP contribution in [0.25, 0.3) is 0 Å². The molecule has 132 valence electrons. The molecule has 0 fully saturated rings. The van der Waals surface area contributed by atoms with Crippen LogP contribution < -0.4 is 11.4 Å². The molecule has 6 heteroatoms. The van der Waals surface area contributed by atoms with Crippen LogP contribution in [0.5, 0.6) is 5.75 Å². The molecule has 0 bridgehead atoms. The van der Waals surface area contributed by atoms with Crippen molar-refractivity contribution in [2.75, 3.05) is 5.73 Å². The Balaban J connectivity index is 1.81. The predicted molar refractivity (Wildman–Crippen MR) is 105 cm³/mol. The average Bonchev–Trinajstić information content (AvgIpc) is 2.58. The van der Waals surface area contributed by atoms with Crippen molar-refractivity contribution in [3.63, 3.8) is 0 Å². The SMILES string of the molecule is CC(=Nc1ccc(Sc2ccc(N)cc2)cc1)c1c(O)cc(C)oc1=O. The number of benzene rings is 2. The van der Waals surface area contributed by atoms with Gasteiger partial charge in [-0.2, -0.15) is 0 Å². The van der Waals surface area contributed by atoms with Crippen molar-refractivity contribution < 1.29 is 9.52 Å². The Morgan fingerprint density at radius 1 is 1.08 bits per heavy atom. The average molecular weight is 366 g/mol. The summed E-state index contributed by atoms with van der Waals surface area (Å²) in [6.07, 6.45) is 0. The van der Waals surface area contributed by atoms with E-state index in [2.05, 4.69) is 4.99 Å². The maximum Gasteiger partial charge on any atom is 0.348 e. The van der Waals surface area contributed by atoms with Crippen LogP contribution in [0, 0.1) is 6.92 Å². The molecule has 26 heavy (non-hydrogen) atoms. The third-order valence-corrected chi connectivity index (χ3v) is 4.68. The van der Waals surface area contributed by atoms with Crippen LogP contribution in [0.3, 0.4) is 0 Å². The molecule has 0 aliphatic heterocycles. The number of rotatable bonds is 4. The molecule has 0 atom stereocenters. The summed E-state index contributed by atoms with van der Waals surface area (Å²) in [5, 5.41) is 10.00. The van der Waals surface area contributed by atoms with Crippen LogP contribution in [-0.2, 0) is 0 Å². The number of aryl methyl sites for hydroxylation is 1. The van der Waals surface area contributed by atoms with Crippen molar-refractivity contribution >= 4 is 28.8 Å². The standard InChI is InChI=1S/C20H18N2O3S/c1-12-11-18(23)19(20(24)25-12)13(2)22-15-5-9-17(10-6-15)26-16-7-3-14(21)4-8-16/h3-11,23H,21H2,1-2H3. The second-order valence-electron chi connectivity index (χ2n) is 5.77. The fourth-order valence-corrected chi connectivity index (χ4v) is 3.26. The monoisotopic (exact) mass is 366 g/mol. The van der Waals surface area contributed by atoms with E-state index in [1.54, 1.807) is 25.6 Å². The van der Waals surface area contributed by atoms with Gasteiger partial charge in [-0.15, -0.1) is 0 Å². The van der Waals surface area contributed by atoms with E-state index in [1.807, 2.05) is 48.5 Å². The van der Waals surface area contributed by atoms with Gasteiger partial charge in [0.05, 0.1) is 11.4 Å². The lowest BCUT2D eigenvalue weighted by atomic mass is 10.1. The zero-order valence-electron chi connectivity index (χ0n) is 14.4. The van der Waals surface area contributed by atoms with Gasteiger partial charge >= 0.3 is 5.63 Å². The van der Waals surface area contributed by atoms with E-state index in [1.165, 1.54) is 6.07 Å². The summed E-state index contributed by atoms with van der Waals surface area (Å²) in [5.74, 6) is 0.226. The molecule has 3 N–H and O–H groups in total. The van der Waals surface area contributed by atoms with Gasteiger partial charge in [-0.25, -0.2) is 4.79 Å². The largest absolute Gasteiger partial charge is 0.507 e. The maximum absolute atomic E-state index is 12.0. The van der Waals surface area contributed by atoms with Crippen molar-refractivity contribution in [1.29, 1.82) is 0 Å². The molecule has 0 saturated carbocycles. The number of hydrogen-bond donors (Lipinski definition) is 2. The molecule has 0 spiro atoms. The van der Waals surface area contributed by atoms with E-state index < -0.39 is 5.63 Å². The molecule has 2 aromatic carbocycles. The number of nitrogen functional groups attached to an aromatic ring is 1. The molecule has 3 aromatic rings. The lowest BCUT2D eigenvalue weighted by molar-refractivity contribution is 0.432. The normalized spacial score (nSPS) is 11.5. The molecule has 1 heterocycles. The van der Waals surface area contributed by atoms with Crippen LogP contribution >= 0.6 is 11.8 Å². The molecular formula is C20H18N2O3S. The number of nitrogens with zero attached hydrogens (tertiary/aromatic N) is 1.